The van der Waals surface area contributed by atoms with Crippen molar-refractivity contribution in [2.24, 2.45) is 0 Å². The Morgan fingerprint density at radius 2 is 2.12 bits per heavy atom. The molecule has 1 nitrogen and oxygen atoms in total. The van der Waals surface area contributed by atoms with Crippen molar-refractivity contribution in [2.45, 2.75) is 18.3 Å². The van der Waals surface area contributed by atoms with E-state index < -0.39 is 0 Å². The van der Waals surface area contributed by atoms with Crippen LogP contribution in [-0.2, 0) is 0 Å². The molecule has 0 amide bonds. The second kappa shape index (κ2) is 5.28. The summed E-state index contributed by atoms with van der Waals surface area (Å²) in [5, 5.41) is 1.44. The Bertz CT molecular complexity index is 58.4. The standard InChI is InChI=1S/C5H13NSe.Na/c1-5(4-7)6(2)3;/h5,7H,4H2,1-3H3;/q;+1/p-1/t5-;/m0./s1. The molecule has 3 heteroatoms. The third kappa shape index (κ3) is 4.37. The molecule has 0 rings (SSSR count). The molecule has 0 bridgehead atoms. The van der Waals surface area contributed by atoms with Gasteiger partial charge in [0, 0.05) is 0 Å². The summed E-state index contributed by atoms with van der Waals surface area (Å²) in [5.74, 6) is 0. The maximum atomic E-state index is 2.29. The molecule has 0 aromatic heterocycles. The Kier molecular flexibility index (Phi) is 6.26. The van der Waals surface area contributed by atoms with Gasteiger partial charge < -0.3 is 0 Å². The van der Waals surface area contributed by atoms with Crippen molar-refractivity contribution in [2.75, 3.05) is 14.1 Å². The van der Waals surface area contributed by atoms with Crippen molar-refractivity contribution < 1.29 is 0 Å². The van der Waals surface area contributed by atoms with Crippen LogP contribution in [0, 0.1) is 0 Å². The van der Waals surface area contributed by atoms with E-state index in [4.69, 9.17) is 0 Å². The van der Waals surface area contributed by atoms with Crippen LogP contribution in [0.4, 0.5) is 0 Å². The SMILES string of the molecule is C[C@@H](C[Se][Na])N(C)C. The molecule has 0 saturated heterocycles. The van der Waals surface area contributed by atoms with Gasteiger partial charge in [-0.1, -0.05) is 0 Å². The maximum absolute atomic E-state index is 2.29. The van der Waals surface area contributed by atoms with E-state index in [1.54, 1.807) is 0 Å². The zero-order valence-corrected chi connectivity index (χ0v) is 9.85. The molecule has 0 radical (unpaired) electrons. The predicted octanol–water partition coefficient (Wildman–Crippen LogP) is 0.142. The van der Waals surface area contributed by atoms with Gasteiger partial charge in [-0.15, -0.1) is 0 Å². The molecule has 0 aliphatic rings. The van der Waals surface area contributed by atoms with Crippen molar-refractivity contribution in [3.8, 4) is 0 Å². The van der Waals surface area contributed by atoms with Gasteiger partial charge in [0.05, 0.1) is 0 Å². The van der Waals surface area contributed by atoms with E-state index in [0.29, 0.717) is 0 Å². The van der Waals surface area contributed by atoms with Gasteiger partial charge in [-0.2, -0.15) is 0 Å². The molecule has 0 aliphatic carbocycles. The van der Waals surface area contributed by atoms with E-state index >= 15 is 0 Å². The summed E-state index contributed by atoms with van der Waals surface area (Å²) >= 11 is 1.42. The van der Waals surface area contributed by atoms with Crippen LogP contribution in [-0.4, -0.2) is 60.9 Å². The molecule has 0 aromatic rings. The fraction of sp³-hybridized carbons (Fsp3) is 1.00. The van der Waals surface area contributed by atoms with Gasteiger partial charge in [-0.3, -0.25) is 0 Å². The molecule has 0 heterocycles. The molecule has 0 spiro atoms. The van der Waals surface area contributed by atoms with Crippen LogP contribution in [0.3, 0.4) is 0 Å². The molecule has 0 fully saturated rings. The van der Waals surface area contributed by atoms with E-state index in [9.17, 15) is 0 Å². The average Bonchev–Trinajstić information content (AvgIpc) is 1.67. The van der Waals surface area contributed by atoms with Crippen LogP contribution in [0.2, 0.25) is 5.32 Å². The molecule has 0 N–H and O–H groups in total. The third-order valence-electron chi connectivity index (χ3n) is 1.29. The average molecular weight is 188 g/mol. The van der Waals surface area contributed by atoms with E-state index in [1.165, 1.54) is 30.7 Å². The summed E-state index contributed by atoms with van der Waals surface area (Å²) in [7, 11) is 5.28. The first-order valence-electron chi connectivity index (χ1n) is 2.84. The van der Waals surface area contributed by atoms with Crippen LogP contribution in [0.1, 0.15) is 6.92 Å². The van der Waals surface area contributed by atoms with Crippen molar-refractivity contribution in [3.63, 3.8) is 0 Å². The van der Waals surface area contributed by atoms with Gasteiger partial charge in [0.1, 0.15) is 0 Å². The van der Waals surface area contributed by atoms with Gasteiger partial charge in [0.2, 0.25) is 0 Å². The third-order valence-corrected chi connectivity index (χ3v) is 4.73. The quantitative estimate of drug-likeness (QED) is 0.569. The second-order valence-corrected chi connectivity index (χ2v) is 7.18. The zero-order chi connectivity index (χ0) is 6.57. The Balaban J connectivity index is 3.17. The normalized spacial score (nSPS) is 14.8. The van der Waals surface area contributed by atoms with E-state index in [1.807, 2.05) is 0 Å². The van der Waals surface area contributed by atoms with Gasteiger partial charge in [-0.25, -0.2) is 0 Å². The molecule has 0 aromatic carbocycles. The van der Waals surface area contributed by atoms with Gasteiger partial charge in [-0.05, 0) is 0 Å². The minimum absolute atomic E-state index is 0.812. The summed E-state index contributed by atoms with van der Waals surface area (Å²) in [6.07, 6.45) is 0. The Morgan fingerprint density at radius 3 is 2.25 bits per heavy atom. The molecular formula is C5H12NNaSe. The first-order chi connectivity index (χ1) is 3.68. The zero-order valence-electron chi connectivity index (χ0n) is 6.14. The van der Waals surface area contributed by atoms with Gasteiger partial charge >= 0.3 is 73.2 Å². The van der Waals surface area contributed by atoms with Crippen LogP contribution >= 0.6 is 0 Å². The molecule has 8 heavy (non-hydrogen) atoms. The van der Waals surface area contributed by atoms with E-state index in [2.05, 4.69) is 25.9 Å². The summed E-state index contributed by atoms with van der Waals surface area (Å²) in [6, 6.07) is 0.812. The molecule has 0 unspecified atom stereocenters. The van der Waals surface area contributed by atoms with Gasteiger partial charge in [0.15, 0.2) is 0 Å². The van der Waals surface area contributed by atoms with Crippen LogP contribution in [0.5, 0.6) is 0 Å². The van der Waals surface area contributed by atoms with Crippen LogP contribution in [0.15, 0.2) is 0 Å². The van der Waals surface area contributed by atoms with Gasteiger partial charge in [0.25, 0.3) is 0 Å². The summed E-state index contributed by atoms with van der Waals surface area (Å²) in [5.41, 5.74) is 0. The fourth-order valence-electron chi connectivity index (χ4n) is 0.390. The van der Waals surface area contributed by atoms with Crippen LogP contribution in [0.25, 0.3) is 0 Å². The number of rotatable bonds is 3. The first-order valence-corrected chi connectivity index (χ1v) is 10.0. The molecule has 0 aliphatic heterocycles. The molecule has 1 atom stereocenters. The van der Waals surface area contributed by atoms with Crippen molar-refractivity contribution in [1.82, 2.24) is 4.90 Å². The Hall–Kier alpha value is 1.48. The second-order valence-electron chi connectivity index (χ2n) is 2.27. The topological polar surface area (TPSA) is 3.24 Å². The summed E-state index contributed by atoms with van der Waals surface area (Å²) in [6.45, 7) is 2.29. The first kappa shape index (κ1) is 9.48. The Morgan fingerprint density at radius 1 is 1.62 bits per heavy atom. The molecular weight excluding hydrogens is 176 g/mol. The summed E-state index contributed by atoms with van der Waals surface area (Å²) in [4.78, 5) is 2.29. The predicted molar refractivity (Wildman–Crippen MR) is 39.5 cm³/mol. The number of nitrogens with zero attached hydrogens (tertiary/aromatic N) is 1. The number of hydrogen-bond acceptors (Lipinski definition) is 1. The number of hydrogen-bond donors (Lipinski definition) is 0. The summed E-state index contributed by atoms with van der Waals surface area (Å²) < 4.78 is 0. The van der Waals surface area contributed by atoms with Crippen molar-refractivity contribution >= 4 is 35.9 Å². The molecule has 0 saturated carbocycles. The molecule has 44 valence electrons. The minimum atomic E-state index is 0.812. The van der Waals surface area contributed by atoms with E-state index in [-0.39, 0.29) is 0 Å². The van der Waals surface area contributed by atoms with Crippen LogP contribution < -0.4 is 0 Å². The van der Waals surface area contributed by atoms with Crippen molar-refractivity contribution in [3.05, 3.63) is 0 Å². The monoisotopic (exact) mass is 189 g/mol. The van der Waals surface area contributed by atoms with Crippen molar-refractivity contribution in [1.29, 1.82) is 0 Å². The fourth-order valence-corrected chi connectivity index (χ4v) is 4.53. The Labute approximate surface area is 72.6 Å². The van der Waals surface area contributed by atoms with E-state index in [0.717, 1.165) is 16.6 Å².